The van der Waals surface area contributed by atoms with E-state index < -0.39 is 0 Å². The number of aromatic hydroxyl groups is 1. The Hall–Kier alpha value is -2.16. The minimum atomic E-state index is 0.314. The Morgan fingerprint density at radius 3 is 2.85 bits per heavy atom. The minimum Gasteiger partial charge on any atom is -0.508 e. The lowest BCUT2D eigenvalue weighted by Gasteiger charge is -2.13. The first kappa shape index (κ1) is 12.9. The van der Waals surface area contributed by atoms with Gasteiger partial charge < -0.3 is 15.3 Å². The number of anilines is 2. The molecule has 1 aliphatic rings. The second-order valence-electron chi connectivity index (χ2n) is 5.49. The van der Waals surface area contributed by atoms with Crippen molar-refractivity contribution in [1.82, 2.24) is 0 Å². The number of rotatable bonds is 3. The lowest BCUT2D eigenvalue weighted by molar-refractivity contribution is 0.475. The largest absolute Gasteiger partial charge is 0.508 e. The second-order valence-corrected chi connectivity index (χ2v) is 5.49. The fourth-order valence-corrected chi connectivity index (χ4v) is 2.77. The maximum Gasteiger partial charge on any atom is 0.115 e. The Morgan fingerprint density at radius 2 is 2.05 bits per heavy atom. The van der Waals surface area contributed by atoms with Crippen molar-refractivity contribution >= 4 is 11.4 Å². The highest BCUT2D eigenvalue weighted by Gasteiger charge is 2.15. The molecule has 0 bridgehead atoms. The summed E-state index contributed by atoms with van der Waals surface area (Å²) in [5.74, 6) is 0.314. The second kappa shape index (κ2) is 5.08. The lowest BCUT2D eigenvalue weighted by Crippen LogP contribution is -2.12. The molecule has 104 valence electrons. The summed E-state index contributed by atoms with van der Waals surface area (Å²) in [4.78, 5) is 2.30. The van der Waals surface area contributed by atoms with E-state index in [-0.39, 0.29) is 0 Å². The first-order valence-electron chi connectivity index (χ1n) is 7.00. The van der Waals surface area contributed by atoms with Gasteiger partial charge in [0.1, 0.15) is 5.75 Å². The van der Waals surface area contributed by atoms with Gasteiger partial charge in [0.15, 0.2) is 0 Å². The molecule has 0 spiro atoms. The van der Waals surface area contributed by atoms with Gasteiger partial charge >= 0.3 is 0 Å². The molecule has 0 saturated heterocycles. The van der Waals surface area contributed by atoms with Crippen LogP contribution in [0.1, 0.15) is 16.7 Å². The van der Waals surface area contributed by atoms with Crippen molar-refractivity contribution in [2.75, 3.05) is 23.8 Å². The number of benzene rings is 2. The SMILES string of the molecule is Cc1cc(O)ccc1NCc1ccc2c(c1)CCN2C. The highest BCUT2D eigenvalue weighted by molar-refractivity contribution is 5.59. The molecule has 3 nitrogen and oxygen atoms in total. The predicted molar refractivity (Wildman–Crippen MR) is 83.6 cm³/mol. The number of aryl methyl sites for hydroxylation is 1. The van der Waals surface area contributed by atoms with E-state index in [1.807, 2.05) is 13.0 Å². The topological polar surface area (TPSA) is 35.5 Å². The van der Waals surface area contributed by atoms with Crippen molar-refractivity contribution in [3.63, 3.8) is 0 Å². The summed E-state index contributed by atoms with van der Waals surface area (Å²) in [6, 6.07) is 12.1. The minimum absolute atomic E-state index is 0.314. The zero-order chi connectivity index (χ0) is 14.1. The summed E-state index contributed by atoms with van der Waals surface area (Å²) in [6.07, 6.45) is 1.14. The van der Waals surface area contributed by atoms with Crippen LogP contribution < -0.4 is 10.2 Å². The first-order chi connectivity index (χ1) is 9.63. The van der Waals surface area contributed by atoms with Crippen molar-refractivity contribution < 1.29 is 5.11 Å². The summed E-state index contributed by atoms with van der Waals surface area (Å²) >= 11 is 0. The fraction of sp³-hybridized carbons (Fsp3) is 0.294. The first-order valence-corrected chi connectivity index (χ1v) is 7.00. The van der Waals surface area contributed by atoms with Crippen molar-refractivity contribution in [1.29, 1.82) is 0 Å². The normalized spacial score (nSPS) is 13.4. The van der Waals surface area contributed by atoms with Crippen LogP contribution in [0.15, 0.2) is 36.4 Å². The summed E-state index contributed by atoms with van der Waals surface area (Å²) < 4.78 is 0. The van der Waals surface area contributed by atoms with Gasteiger partial charge in [-0.15, -0.1) is 0 Å². The number of likely N-dealkylation sites (N-methyl/N-ethyl adjacent to an activating group) is 1. The van der Waals surface area contributed by atoms with Crippen LogP contribution in [0.3, 0.4) is 0 Å². The van der Waals surface area contributed by atoms with Gasteiger partial charge in [-0.1, -0.05) is 12.1 Å². The van der Waals surface area contributed by atoms with Crippen molar-refractivity contribution in [2.45, 2.75) is 19.9 Å². The van der Waals surface area contributed by atoms with E-state index in [1.54, 1.807) is 12.1 Å². The number of hydrogen-bond donors (Lipinski definition) is 2. The highest BCUT2D eigenvalue weighted by atomic mass is 16.3. The number of nitrogens with zero attached hydrogens (tertiary/aromatic N) is 1. The number of fused-ring (bicyclic) bond motifs is 1. The van der Waals surface area contributed by atoms with E-state index in [1.165, 1.54) is 16.8 Å². The maximum atomic E-state index is 9.42. The summed E-state index contributed by atoms with van der Waals surface area (Å²) in [6.45, 7) is 3.92. The lowest BCUT2D eigenvalue weighted by atomic mass is 10.1. The van der Waals surface area contributed by atoms with E-state index in [2.05, 4.69) is 35.5 Å². The molecule has 1 heterocycles. The van der Waals surface area contributed by atoms with Crippen LogP contribution in [0.25, 0.3) is 0 Å². The molecule has 0 amide bonds. The third-order valence-corrected chi connectivity index (χ3v) is 3.96. The zero-order valence-electron chi connectivity index (χ0n) is 12.0. The number of hydrogen-bond acceptors (Lipinski definition) is 3. The Kier molecular flexibility index (Phi) is 3.26. The monoisotopic (exact) mass is 268 g/mol. The number of nitrogens with one attached hydrogen (secondary N) is 1. The van der Waals surface area contributed by atoms with Gasteiger partial charge in [0.25, 0.3) is 0 Å². The van der Waals surface area contributed by atoms with Crippen LogP contribution in [0, 0.1) is 6.92 Å². The predicted octanol–water partition coefficient (Wildman–Crippen LogP) is 3.31. The molecule has 1 aliphatic heterocycles. The summed E-state index contributed by atoms with van der Waals surface area (Å²) in [7, 11) is 2.14. The molecule has 2 aromatic rings. The van der Waals surface area contributed by atoms with Gasteiger partial charge in [0.2, 0.25) is 0 Å². The zero-order valence-corrected chi connectivity index (χ0v) is 12.0. The standard InChI is InChI=1S/C17H20N2O/c1-12-9-15(20)4-5-16(12)18-11-13-3-6-17-14(10-13)7-8-19(17)2/h3-6,9-10,18,20H,7-8,11H2,1-2H3. The molecule has 3 rings (SSSR count). The van der Waals surface area contributed by atoms with Gasteiger partial charge in [0.05, 0.1) is 0 Å². The van der Waals surface area contributed by atoms with E-state index in [0.717, 1.165) is 30.8 Å². The van der Waals surface area contributed by atoms with Crippen molar-refractivity contribution in [2.24, 2.45) is 0 Å². The molecule has 2 aromatic carbocycles. The van der Waals surface area contributed by atoms with Crippen LogP contribution in [0.2, 0.25) is 0 Å². The quantitative estimate of drug-likeness (QED) is 0.838. The Balaban J connectivity index is 1.73. The summed E-state index contributed by atoms with van der Waals surface area (Å²) in [5, 5.41) is 12.9. The van der Waals surface area contributed by atoms with Gasteiger partial charge in [-0.3, -0.25) is 0 Å². The van der Waals surface area contributed by atoms with Crippen LogP contribution in [0.5, 0.6) is 5.75 Å². The number of phenolic OH excluding ortho intramolecular Hbond substituents is 1. The number of phenols is 1. The Bertz CT molecular complexity index is 637. The smallest absolute Gasteiger partial charge is 0.115 e. The van der Waals surface area contributed by atoms with Gasteiger partial charge in [-0.25, -0.2) is 0 Å². The maximum absolute atomic E-state index is 9.42. The molecule has 0 unspecified atom stereocenters. The van der Waals surface area contributed by atoms with E-state index in [4.69, 9.17) is 0 Å². The fourth-order valence-electron chi connectivity index (χ4n) is 2.77. The van der Waals surface area contributed by atoms with Crippen LogP contribution in [0.4, 0.5) is 11.4 Å². The highest BCUT2D eigenvalue weighted by Crippen LogP contribution is 2.28. The van der Waals surface area contributed by atoms with Crippen LogP contribution in [-0.2, 0) is 13.0 Å². The van der Waals surface area contributed by atoms with Crippen molar-refractivity contribution in [3.8, 4) is 5.75 Å². The molecular formula is C17H20N2O. The molecule has 0 aromatic heterocycles. The molecule has 0 fully saturated rings. The third kappa shape index (κ3) is 2.44. The van der Waals surface area contributed by atoms with E-state index >= 15 is 0 Å². The molecule has 2 N–H and O–H groups in total. The molecule has 0 radical (unpaired) electrons. The average molecular weight is 268 g/mol. The van der Waals surface area contributed by atoms with Crippen molar-refractivity contribution in [3.05, 3.63) is 53.1 Å². The van der Waals surface area contributed by atoms with Crippen LogP contribution in [-0.4, -0.2) is 18.7 Å². The van der Waals surface area contributed by atoms with Gasteiger partial charge in [-0.05, 0) is 54.3 Å². The molecule has 20 heavy (non-hydrogen) atoms. The summed E-state index contributed by atoms with van der Waals surface area (Å²) in [5.41, 5.74) is 6.22. The third-order valence-electron chi connectivity index (χ3n) is 3.96. The van der Waals surface area contributed by atoms with Gasteiger partial charge in [-0.2, -0.15) is 0 Å². The molecule has 3 heteroatoms. The van der Waals surface area contributed by atoms with Crippen LogP contribution >= 0.6 is 0 Å². The molecule has 0 saturated carbocycles. The average Bonchev–Trinajstić information content (AvgIpc) is 2.79. The van der Waals surface area contributed by atoms with E-state index in [0.29, 0.717) is 5.75 Å². The van der Waals surface area contributed by atoms with Gasteiger partial charge in [0, 0.05) is 31.5 Å². The Morgan fingerprint density at radius 1 is 1.20 bits per heavy atom. The Labute approximate surface area is 119 Å². The molecular weight excluding hydrogens is 248 g/mol. The molecule has 0 aliphatic carbocycles. The molecule has 0 atom stereocenters. The van der Waals surface area contributed by atoms with E-state index in [9.17, 15) is 5.11 Å².